The molecule has 2 unspecified atom stereocenters. The molecule has 2 fully saturated rings. The first-order chi connectivity index (χ1) is 5.31. The molecule has 60 valence electrons. The largest absolute Gasteiger partial charge is 0.515 e. The van der Waals surface area contributed by atoms with Gasteiger partial charge in [-0.1, -0.05) is 0 Å². The van der Waals surface area contributed by atoms with Crippen LogP contribution in [0.1, 0.15) is 19.3 Å². The summed E-state index contributed by atoms with van der Waals surface area (Å²) >= 11 is 0. The van der Waals surface area contributed by atoms with Gasteiger partial charge in [0.05, 0.1) is 6.26 Å². The van der Waals surface area contributed by atoms with Gasteiger partial charge in [0.1, 0.15) is 0 Å². The van der Waals surface area contributed by atoms with Gasteiger partial charge in [0.25, 0.3) is 0 Å². The van der Waals surface area contributed by atoms with Crippen molar-refractivity contribution < 1.29 is 9.90 Å². The first kappa shape index (κ1) is 6.85. The second kappa shape index (κ2) is 2.34. The van der Waals surface area contributed by atoms with Crippen molar-refractivity contribution in [2.75, 3.05) is 0 Å². The molecule has 0 aliphatic carbocycles. The molecule has 0 aromatic heterocycles. The number of piperidine rings is 1. The molecule has 0 aromatic carbocycles. The molecular weight excluding hydrogens is 142 g/mol. The summed E-state index contributed by atoms with van der Waals surface area (Å²) in [6, 6.07) is 0.502. The lowest BCUT2D eigenvalue weighted by atomic mass is 9.99. The maximum atomic E-state index is 11.2. The van der Waals surface area contributed by atoms with Crippen LogP contribution in [-0.2, 0) is 4.79 Å². The highest BCUT2D eigenvalue weighted by Gasteiger charge is 2.36. The molecule has 3 nitrogen and oxygen atoms in total. The number of carbonyl (C=O) groups is 1. The molecule has 0 radical (unpaired) electrons. The van der Waals surface area contributed by atoms with Crippen LogP contribution in [0.15, 0.2) is 11.8 Å². The van der Waals surface area contributed by atoms with Crippen LogP contribution >= 0.6 is 0 Å². The molecule has 0 saturated carbocycles. The van der Waals surface area contributed by atoms with E-state index in [-0.39, 0.29) is 11.8 Å². The highest BCUT2D eigenvalue weighted by molar-refractivity contribution is 5.97. The normalized spacial score (nSPS) is 40.0. The lowest BCUT2D eigenvalue weighted by molar-refractivity contribution is -0.117. The van der Waals surface area contributed by atoms with E-state index in [4.69, 9.17) is 5.11 Å². The zero-order chi connectivity index (χ0) is 7.84. The molecular formula is C8H11NO2. The van der Waals surface area contributed by atoms with Crippen LogP contribution in [0.5, 0.6) is 0 Å². The van der Waals surface area contributed by atoms with Crippen molar-refractivity contribution in [3.8, 4) is 0 Å². The highest BCUT2D eigenvalue weighted by atomic mass is 16.2. The standard InChI is InChI=1S/C8H11NO2/c10-4-6-7-2-1-5(9-7)3-8(6)11/h4-5,7,9-10H,1-3H2. The first-order valence-corrected chi connectivity index (χ1v) is 3.95. The zero-order valence-electron chi connectivity index (χ0n) is 6.21. The second-order valence-corrected chi connectivity index (χ2v) is 3.21. The topological polar surface area (TPSA) is 49.3 Å². The van der Waals surface area contributed by atoms with E-state index < -0.39 is 0 Å². The predicted octanol–water partition coefficient (Wildman–Crippen LogP) is 0.522. The van der Waals surface area contributed by atoms with Gasteiger partial charge in [-0.2, -0.15) is 0 Å². The fourth-order valence-corrected chi connectivity index (χ4v) is 1.92. The number of nitrogens with one attached hydrogen (secondary N) is 1. The number of aliphatic hydroxyl groups is 1. The molecule has 2 bridgehead atoms. The van der Waals surface area contributed by atoms with E-state index in [1.807, 2.05) is 0 Å². The molecule has 2 aliphatic rings. The summed E-state index contributed by atoms with van der Waals surface area (Å²) in [6.07, 6.45) is 3.57. The van der Waals surface area contributed by atoms with Crippen LogP contribution in [0.25, 0.3) is 0 Å². The summed E-state index contributed by atoms with van der Waals surface area (Å²) < 4.78 is 0. The SMILES string of the molecule is O=C1CC2CCC(N2)C1=CO. The monoisotopic (exact) mass is 153 g/mol. The number of rotatable bonds is 0. The van der Waals surface area contributed by atoms with Crippen LogP contribution < -0.4 is 5.32 Å². The lowest BCUT2D eigenvalue weighted by Gasteiger charge is -2.21. The van der Waals surface area contributed by atoms with Gasteiger partial charge in [-0.15, -0.1) is 0 Å². The number of Topliss-reactive ketones (excluding diaryl/α,β-unsaturated/α-hetero) is 1. The number of hydrogen-bond donors (Lipinski definition) is 2. The van der Waals surface area contributed by atoms with Crippen molar-refractivity contribution in [3.05, 3.63) is 11.8 Å². The Hall–Kier alpha value is -0.830. The number of carbonyl (C=O) groups excluding carboxylic acids is 1. The molecule has 2 atom stereocenters. The second-order valence-electron chi connectivity index (χ2n) is 3.21. The van der Waals surface area contributed by atoms with Gasteiger partial charge < -0.3 is 10.4 Å². The minimum atomic E-state index is 0.110. The fraction of sp³-hybridized carbons (Fsp3) is 0.625. The van der Waals surface area contributed by atoms with Crippen molar-refractivity contribution in [1.82, 2.24) is 5.32 Å². The molecule has 2 N–H and O–H groups in total. The Balaban J connectivity index is 2.27. The van der Waals surface area contributed by atoms with Crippen LogP contribution in [0.3, 0.4) is 0 Å². The third-order valence-corrected chi connectivity index (χ3v) is 2.51. The van der Waals surface area contributed by atoms with Gasteiger partial charge in [0.15, 0.2) is 5.78 Å². The van der Waals surface area contributed by atoms with Gasteiger partial charge in [0.2, 0.25) is 0 Å². The molecule has 0 spiro atoms. The minimum absolute atomic E-state index is 0.110. The molecule has 3 heteroatoms. The Kier molecular flexibility index (Phi) is 1.46. The molecule has 2 heterocycles. The van der Waals surface area contributed by atoms with Gasteiger partial charge in [-0.25, -0.2) is 0 Å². The van der Waals surface area contributed by atoms with Gasteiger partial charge in [0, 0.05) is 24.1 Å². The van der Waals surface area contributed by atoms with E-state index in [0.29, 0.717) is 18.0 Å². The lowest BCUT2D eigenvalue weighted by Crippen LogP contribution is -2.40. The first-order valence-electron chi connectivity index (χ1n) is 3.95. The molecule has 0 aromatic rings. The van der Waals surface area contributed by atoms with Crippen LogP contribution in [0, 0.1) is 0 Å². The summed E-state index contributed by atoms with van der Waals surface area (Å²) in [7, 11) is 0. The third kappa shape index (κ3) is 0.959. The average molecular weight is 153 g/mol. The van der Waals surface area contributed by atoms with Crippen molar-refractivity contribution in [1.29, 1.82) is 0 Å². The fourth-order valence-electron chi connectivity index (χ4n) is 1.92. The van der Waals surface area contributed by atoms with E-state index >= 15 is 0 Å². The van der Waals surface area contributed by atoms with E-state index in [0.717, 1.165) is 19.1 Å². The van der Waals surface area contributed by atoms with Gasteiger partial charge in [-0.05, 0) is 12.8 Å². The van der Waals surface area contributed by atoms with Crippen LogP contribution in [-0.4, -0.2) is 23.0 Å². The van der Waals surface area contributed by atoms with Crippen LogP contribution in [0.2, 0.25) is 0 Å². The van der Waals surface area contributed by atoms with Gasteiger partial charge >= 0.3 is 0 Å². The van der Waals surface area contributed by atoms with Crippen molar-refractivity contribution in [3.63, 3.8) is 0 Å². The Morgan fingerprint density at radius 1 is 1.55 bits per heavy atom. The van der Waals surface area contributed by atoms with E-state index in [1.165, 1.54) is 0 Å². The maximum Gasteiger partial charge on any atom is 0.165 e. The Labute approximate surface area is 65.1 Å². The van der Waals surface area contributed by atoms with E-state index in [1.54, 1.807) is 0 Å². The summed E-state index contributed by atoms with van der Waals surface area (Å²) in [4.78, 5) is 11.2. The van der Waals surface area contributed by atoms with Gasteiger partial charge in [-0.3, -0.25) is 4.79 Å². The Bertz CT molecular complexity index is 222. The molecule has 2 aliphatic heterocycles. The molecule has 2 saturated heterocycles. The number of hydrogen-bond acceptors (Lipinski definition) is 3. The maximum absolute atomic E-state index is 11.2. The van der Waals surface area contributed by atoms with Crippen molar-refractivity contribution >= 4 is 5.78 Å². The molecule has 11 heavy (non-hydrogen) atoms. The van der Waals surface area contributed by atoms with E-state index in [9.17, 15) is 4.79 Å². The number of aliphatic hydroxyl groups excluding tert-OH is 1. The highest BCUT2D eigenvalue weighted by Crippen LogP contribution is 2.27. The summed E-state index contributed by atoms with van der Waals surface area (Å²) in [6.45, 7) is 0. The Morgan fingerprint density at radius 2 is 2.36 bits per heavy atom. The number of ketones is 1. The summed E-state index contributed by atoms with van der Waals surface area (Å²) in [5.74, 6) is 0.110. The third-order valence-electron chi connectivity index (χ3n) is 2.51. The summed E-state index contributed by atoms with van der Waals surface area (Å²) in [5.41, 5.74) is 0.568. The van der Waals surface area contributed by atoms with Crippen molar-refractivity contribution in [2.45, 2.75) is 31.3 Å². The Morgan fingerprint density at radius 3 is 3.09 bits per heavy atom. The van der Waals surface area contributed by atoms with Crippen LogP contribution in [0.4, 0.5) is 0 Å². The minimum Gasteiger partial charge on any atom is -0.515 e. The number of fused-ring (bicyclic) bond motifs is 2. The molecule has 0 amide bonds. The van der Waals surface area contributed by atoms with Crippen molar-refractivity contribution in [2.24, 2.45) is 0 Å². The smallest absolute Gasteiger partial charge is 0.165 e. The zero-order valence-corrected chi connectivity index (χ0v) is 6.21. The summed E-state index contributed by atoms with van der Waals surface area (Å²) in [5, 5.41) is 12.0. The molecule has 2 rings (SSSR count). The average Bonchev–Trinajstić information content (AvgIpc) is 2.34. The quantitative estimate of drug-likeness (QED) is 0.394. The van der Waals surface area contributed by atoms with E-state index in [2.05, 4.69) is 5.32 Å². The predicted molar refractivity (Wildman–Crippen MR) is 40.3 cm³/mol.